The third-order valence-electron chi connectivity index (χ3n) is 7.02. The molecule has 0 spiro atoms. The van der Waals surface area contributed by atoms with Crippen LogP contribution in [0.3, 0.4) is 0 Å². The second-order valence-corrected chi connectivity index (χ2v) is 10.9. The van der Waals surface area contributed by atoms with Crippen LogP contribution < -0.4 is 19.1 Å². The third-order valence-corrected chi connectivity index (χ3v) is 8.03. The Bertz CT molecular complexity index is 1670. The average molecular weight is 605 g/mol. The zero-order valence-corrected chi connectivity index (χ0v) is 25.1. The monoisotopic (exact) mass is 604 g/mol. The van der Waals surface area contributed by atoms with Crippen LogP contribution in [0.5, 0.6) is 17.2 Å². The van der Waals surface area contributed by atoms with Gasteiger partial charge in [0, 0.05) is 5.56 Å². The van der Waals surface area contributed by atoms with Crippen molar-refractivity contribution in [3.63, 3.8) is 0 Å². The van der Waals surface area contributed by atoms with Gasteiger partial charge in [0.1, 0.15) is 17.3 Å². The number of carbonyl (C=O) groups is 2. The first kappa shape index (κ1) is 30.0. The first-order chi connectivity index (χ1) is 20.9. The van der Waals surface area contributed by atoms with Crippen LogP contribution in [0, 0.1) is 5.82 Å². The summed E-state index contributed by atoms with van der Waals surface area (Å²) in [5, 5.41) is 11.7. The number of aromatic nitrogens is 1. The molecule has 1 atom stereocenters. The van der Waals surface area contributed by atoms with Crippen LogP contribution in [-0.4, -0.2) is 41.6 Å². The maximum absolute atomic E-state index is 14.0. The molecule has 8 nitrogen and oxygen atoms in total. The highest BCUT2D eigenvalue weighted by Crippen LogP contribution is 2.46. The first-order valence-corrected chi connectivity index (χ1v) is 15.2. The Balaban J connectivity index is 1.64. The molecule has 1 fully saturated rings. The van der Waals surface area contributed by atoms with E-state index in [4.69, 9.17) is 14.2 Å². The molecule has 1 N–H and O–H groups in total. The van der Waals surface area contributed by atoms with E-state index in [1.807, 2.05) is 13.8 Å². The number of unbranched alkanes of at least 4 members (excludes halogenated alkanes) is 2. The van der Waals surface area contributed by atoms with E-state index in [1.165, 1.54) is 23.1 Å². The van der Waals surface area contributed by atoms with Crippen LogP contribution in [0.1, 0.15) is 57.2 Å². The Hall–Kier alpha value is -4.44. The summed E-state index contributed by atoms with van der Waals surface area (Å²) in [6, 6.07) is 15.0. The molecule has 0 aliphatic carbocycles. The van der Waals surface area contributed by atoms with Crippen molar-refractivity contribution in [2.24, 2.45) is 0 Å². The molecular weight excluding hydrogens is 571 g/mol. The average Bonchev–Trinajstić information content (AvgIpc) is 3.53. The maximum atomic E-state index is 14.0. The van der Waals surface area contributed by atoms with E-state index in [1.54, 1.807) is 42.5 Å². The van der Waals surface area contributed by atoms with Crippen LogP contribution in [0.25, 0.3) is 16.0 Å². The number of aliphatic hydroxyl groups excluding tert-OH is 1. The van der Waals surface area contributed by atoms with E-state index in [0.29, 0.717) is 58.4 Å². The number of hydrogen-bond donors (Lipinski definition) is 1. The van der Waals surface area contributed by atoms with Crippen molar-refractivity contribution in [3.8, 4) is 17.2 Å². The second-order valence-electron chi connectivity index (χ2n) is 9.93. The summed E-state index contributed by atoms with van der Waals surface area (Å²) >= 11 is 1.09. The lowest BCUT2D eigenvalue weighted by atomic mass is 9.95. The van der Waals surface area contributed by atoms with Gasteiger partial charge in [-0.2, -0.15) is 0 Å². The number of benzene rings is 3. The van der Waals surface area contributed by atoms with Gasteiger partial charge in [0.15, 0.2) is 16.6 Å². The lowest BCUT2D eigenvalue weighted by molar-refractivity contribution is -0.132. The number of anilines is 1. The van der Waals surface area contributed by atoms with Crippen LogP contribution in [-0.2, 0) is 9.59 Å². The molecule has 4 aromatic rings. The highest BCUT2D eigenvalue weighted by Gasteiger charge is 2.48. The second kappa shape index (κ2) is 13.2. The molecule has 224 valence electrons. The minimum absolute atomic E-state index is 0.0985. The predicted molar refractivity (Wildman–Crippen MR) is 165 cm³/mol. The van der Waals surface area contributed by atoms with Crippen molar-refractivity contribution in [2.75, 3.05) is 24.7 Å². The summed E-state index contributed by atoms with van der Waals surface area (Å²) in [6.45, 7) is 7.20. The standard InChI is InChI=1S/C33H33FN2O6S/c1-4-7-8-17-42-25-16-11-21(18-26(25)41-6-3)29-28(30(37)20-9-13-23(14-10-20)40-5-2)31(38)32(39)36(29)33-35-24-15-12-22(34)19-27(24)43-33/h9-16,18-19,29,37H,4-8,17H2,1-3H3. The maximum Gasteiger partial charge on any atom is 0.301 e. The van der Waals surface area contributed by atoms with E-state index in [0.717, 1.165) is 30.6 Å². The number of ketones is 1. The first-order valence-electron chi connectivity index (χ1n) is 14.4. The van der Waals surface area contributed by atoms with Gasteiger partial charge in [-0.15, -0.1) is 0 Å². The Morgan fingerprint density at radius 1 is 0.930 bits per heavy atom. The molecule has 0 radical (unpaired) electrons. The molecule has 2 heterocycles. The number of amides is 1. The SMILES string of the molecule is CCCCCOc1ccc(C2C(=C(O)c3ccc(OCC)cc3)C(=O)C(=O)N2c2nc3ccc(F)cc3s2)cc1OCC. The molecule has 0 saturated carbocycles. The fraction of sp³-hybridized carbons (Fsp3) is 0.303. The van der Waals surface area contributed by atoms with Crippen molar-refractivity contribution in [1.82, 2.24) is 4.98 Å². The molecule has 1 amide bonds. The number of hydrogen-bond acceptors (Lipinski definition) is 8. The highest BCUT2D eigenvalue weighted by atomic mass is 32.1. The fourth-order valence-corrected chi connectivity index (χ4v) is 6.00. The quantitative estimate of drug-likeness (QED) is 0.0777. The zero-order chi connectivity index (χ0) is 30.5. The van der Waals surface area contributed by atoms with E-state index in [9.17, 15) is 19.1 Å². The van der Waals surface area contributed by atoms with Gasteiger partial charge in [-0.1, -0.05) is 37.2 Å². The third kappa shape index (κ3) is 6.19. The molecule has 1 unspecified atom stereocenters. The van der Waals surface area contributed by atoms with Crippen molar-refractivity contribution < 1.29 is 33.3 Å². The molecule has 0 bridgehead atoms. The summed E-state index contributed by atoms with van der Waals surface area (Å²) in [5.74, 6) is -0.884. The number of rotatable bonds is 12. The van der Waals surface area contributed by atoms with Gasteiger partial charge in [-0.05, 0) is 80.4 Å². The zero-order valence-electron chi connectivity index (χ0n) is 24.3. The minimum Gasteiger partial charge on any atom is -0.507 e. The summed E-state index contributed by atoms with van der Waals surface area (Å²) < 4.78 is 31.9. The van der Waals surface area contributed by atoms with Crippen molar-refractivity contribution in [1.29, 1.82) is 0 Å². The number of halogens is 1. The highest BCUT2D eigenvalue weighted by molar-refractivity contribution is 7.22. The molecule has 1 saturated heterocycles. The van der Waals surface area contributed by atoms with Crippen LogP contribution in [0.15, 0.2) is 66.2 Å². The van der Waals surface area contributed by atoms with E-state index >= 15 is 0 Å². The Labute approximate surface area is 253 Å². The number of thiazole rings is 1. The number of fused-ring (bicyclic) bond motifs is 1. The van der Waals surface area contributed by atoms with E-state index < -0.39 is 23.5 Å². The fourth-order valence-electron chi connectivity index (χ4n) is 4.98. The smallest absolute Gasteiger partial charge is 0.301 e. The van der Waals surface area contributed by atoms with E-state index in [2.05, 4.69) is 11.9 Å². The lowest BCUT2D eigenvalue weighted by Gasteiger charge is -2.24. The summed E-state index contributed by atoms with van der Waals surface area (Å²) in [5.41, 5.74) is 1.25. The van der Waals surface area contributed by atoms with Gasteiger partial charge >= 0.3 is 5.91 Å². The Morgan fingerprint density at radius 2 is 1.70 bits per heavy atom. The number of ether oxygens (including phenoxy) is 3. The summed E-state index contributed by atoms with van der Waals surface area (Å²) in [7, 11) is 0. The van der Waals surface area contributed by atoms with Gasteiger partial charge in [0.2, 0.25) is 0 Å². The van der Waals surface area contributed by atoms with Crippen molar-refractivity contribution >= 4 is 44.1 Å². The summed E-state index contributed by atoms with van der Waals surface area (Å²) in [6.07, 6.45) is 2.99. The van der Waals surface area contributed by atoms with Gasteiger partial charge in [-0.3, -0.25) is 14.5 Å². The van der Waals surface area contributed by atoms with Gasteiger partial charge in [0.05, 0.1) is 41.7 Å². The Morgan fingerprint density at radius 3 is 2.42 bits per heavy atom. The lowest BCUT2D eigenvalue weighted by Crippen LogP contribution is -2.29. The molecule has 10 heteroatoms. The van der Waals surface area contributed by atoms with Crippen molar-refractivity contribution in [3.05, 3.63) is 83.2 Å². The van der Waals surface area contributed by atoms with Gasteiger partial charge in [-0.25, -0.2) is 9.37 Å². The molecule has 1 aromatic heterocycles. The van der Waals surface area contributed by atoms with Crippen LogP contribution >= 0.6 is 11.3 Å². The van der Waals surface area contributed by atoms with Gasteiger partial charge < -0.3 is 19.3 Å². The number of Topliss-reactive ketones (excluding diaryl/α,β-unsaturated/α-hetero) is 1. The number of nitrogens with zero attached hydrogens (tertiary/aromatic N) is 2. The predicted octanol–water partition coefficient (Wildman–Crippen LogP) is 7.43. The topological polar surface area (TPSA) is 98.2 Å². The van der Waals surface area contributed by atoms with Crippen LogP contribution in [0.2, 0.25) is 0 Å². The minimum atomic E-state index is -1.04. The summed E-state index contributed by atoms with van der Waals surface area (Å²) in [4.78, 5) is 33.1. The molecule has 1 aliphatic rings. The molecule has 5 rings (SSSR count). The van der Waals surface area contributed by atoms with Crippen LogP contribution in [0.4, 0.5) is 9.52 Å². The normalized spacial score (nSPS) is 16.2. The van der Waals surface area contributed by atoms with Gasteiger partial charge in [0.25, 0.3) is 5.78 Å². The number of aliphatic hydroxyl groups is 1. The van der Waals surface area contributed by atoms with E-state index in [-0.39, 0.29) is 16.5 Å². The molecule has 43 heavy (non-hydrogen) atoms. The molecular formula is C33H33FN2O6S. The molecule has 3 aromatic carbocycles. The Kier molecular flexibility index (Phi) is 9.25. The van der Waals surface area contributed by atoms with Crippen molar-refractivity contribution in [2.45, 2.75) is 46.1 Å². The molecule has 1 aliphatic heterocycles. The number of carbonyl (C=O) groups excluding carboxylic acids is 2. The largest absolute Gasteiger partial charge is 0.507 e.